The quantitative estimate of drug-likeness (QED) is 0.175. The van der Waals surface area contributed by atoms with Gasteiger partial charge in [-0.05, 0) is 122 Å². The van der Waals surface area contributed by atoms with Gasteiger partial charge in [0, 0.05) is 37.9 Å². The van der Waals surface area contributed by atoms with Gasteiger partial charge in [-0.3, -0.25) is 9.13 Å². The molecule has 0 atom stereocenters. The monoisotopic (exact) mass is 786 g/mol. The minimum absolute atomic E-state index is 0.580. The molecule has 0 amide bonds. The van der Waals surface area contributed by atoms with Gasteiger partial charge < -0.3 is 4.57 Å². The van der Waals surface area contributed by atoms with Crippen molar-refractivity contribution in [2.45, 2.75) is 38.0 Å². The fourth-order valence-corrected chi connectivity index (χ4v) is 12.7. The van der Waals surface area contributed by atoms with Gasteiger partial charge in [0.2, 0.25) is 11.9 Å². The zero-order valence-electron chi connectivity index (χ0n) is 33.7. The van der Waals surface area contributed by atoms with Crippen LogP contribution in [0.1, 0.15) is 43.6 Å². The van der Waals surface area contributed by atoms with E-state index in [9.17, 15) is 0 Å². The van der Waals surface area contributed by atoms with Crippen molar-refractivity contribution in [1.82, 2.24) is 28.7 Å². The van der Waals surface area contributed by atoms with E-state index in [2.05, 4.69) is 177 Å². The zero-order chi connectivity index (χ0) is 39.8. The zero-order valence-corrected chi connectivity index (χ0v) is 33.7. The van der Waals surface area contributed by atoms with Gasteiger partial charge in [0.25, 0.3) is 0 Å². The molecule has 6 nitrogen and oxygen atoms in total. The van der Waals surface area contributed by atoms with Crippen molar-refractivity contribution in [3.8, 4) is 29.0 Å². The number of para-hydroxylation sites is 6. The van der Waals surface area contributed by atoms with Crippen molar-refractivity contribution in [2.75, 3.05) is 0 Å². The van der Waals surface area contributed by atoms with Crippen LogP contribution in [-0.2, 0) is 0 Å². The Balaban J connectivity index is 1.02. The Morgan fingerprint density at radius 2 is 0.770 bits per heavy atom. The Morgan fingerprint density at radius 3 is 1.28 bits per heavy atom. The van der Waals surface area contributed by atoms with Crippen molar-refractivity contribution in [2.24, 2.45) is 23.7 Å². The molecule has 4 aliphatic carbocycles. The summed E-state index contributed by atoms with van der Waals surface area (Å²) in [6.07, 6.45) is 7.16. The van der Waals surface area contributed by atoms with E-state index < -0.39 is 0 Å². The lowest BCUT2D eigenvalue weighted by Gasteiger charge is -2.54. The summed E-state index contributed by atoms with van der Waals surface area (Å²) >= 11 is 0. The van der Waals surface area contributed by atoms with E-state index in [1.165, 1.54) is 53.9 Å². The molecule has 0 radical (unpaired) electrons. The number of nitrogens with zero attached hydrogens (tertiary/aromatic N) is 6. The first kappa shape index (κ1) is 33.7. The van der Waals surface area contributed by atoms with Crippen LogP contribution in [0, 0.1) is 23.7 Å². The number of fused-ring (bicyclic) bond motifs is 9. The molecule has 292 valence electrons. The molecule has 4 aromatic heterocycles. The molecule has 4 heterocycles. The van der Waals surface area contributed by atoms with Gasteiger partial charge in [0.1, 0.15) is 0 Å². The second-order valence-corrected chi connectivity index (χ2v) is 18.1. The Hall–Kier alpha value is -7.05. The molecule has 11 aromatic rings. The highest BCUT2D eigenvalue weighted by molar-refractivity contribution is 6.11. The predicted molar refractivity (Wildman–Crippen MR) is 248 cm³/mol. The summed E-state index contributed by atoms with van der Waals surface area (Å²) in [7, 11) is 0. The molecule has 0 spiro atoms. The molecule has 4 bridgehead atoms. The lowest BCUT2D eigenvalue weighted by Crippen LogP contribution is -2.43. The third-order valence-electron chi connectivity index (χ3n) is 14.9. The average Bonchev–Trinajstić information content (AvgIpc) is 3.94. The first-order chi connectivity index (χ1) is 30.2. The molecular formula is C55H42N6. The van der Waals surface area contributed by atoms with Crippen molar-refractivity contribution in [3.05, 3.63) is 169 Å². The highest BCUT2D eigenvalue weighted by Crippen LogP contribution is 2.60. The van der Waals surface area contributed by atoms with Crippen LogP contribution in [0.2, 0.25) is 0 Å². The highest BCUT2D eigenvalue weighted by Gasteiger charge is 2.48. The summed E-state index contributed by atoms with van der Waals surface area (Å²) in [5.41, 5.74) is 10.2. The van der Waals surface area contributed by atoms with E-state index in [4.69, 9.17) is 15.0 Å². The molecule has 61 heavy (non-hydrogen) atoms. The van der Waals surface area contributed by atoms with E-state index in [1.807, 2.05) is 0 Å². The van der Waals surface area contributed by atoms with Crippen LogP contribution < -0.4 is 0 Å². The van der Waals surface area contributed by atoms with Crippen molar-refractivity contribution < 1.29 is 0 Å². The fraction of sp³-hybridized carbons (Fsp3) is 0.182. The first-order valence-electron chi connectivity index (χ1n) is 22.1. The van der Waals surface area contributed by atoms with Crippen LogP contribution in [0.3, 0.4) is 0 Å². The summed E-state index contributed by atoms with van der Waals surface area (Å²) < 4.78 is 6.87. The van der Waals surface area contributed by atoms with E-state index in [0.29, 0.717) is 23.6 Å². The fourth-order valence-electron chi connectivity index (χ4n) is 12.7. The molecule has 7 aromatic carbocycles. The predicted octanol–water partition coefficient (Wildman–Crippen LogP) is 13.4. The minimum atomic E-state index is 0.580. The maximum absolute atomic E-state index is 5.48. The van der Waals surface area contributed by atoms with E-state index in [1.54, 1.807) is 5.56 Å². The summed E-state index contributed by atoms with van der Waals surface area (Å²) in [6, 6.07) is 59.3. The Kier molecular flexibility index (Phi) is 7.04. The van der Waals surface area contributed by atoms with Crippen molar-refractivity contribution >= 4 is 65.4 Å². The van der Waals surface area contributed by atoms with Gasteiger partial charge in [-0.15, -0.1) is 0 Å². The van der Waals surface area contributed by atoms with Gasteiger partial charge in [0.05, 0.1) is 38.8 Å². The van der Waals surface area contributed by atoms with Crippen LogP contribution in [0.5, 0.6) is 0 Å². The van der Waals surface area contributed by atoms with Gasteiger partial charge in [-0.2, -0.15) is 15.0 Å². The Morgan fingerprint density at radius 1 is 0.361 bits per heavy atom. The van der Waals surface area contributed by atoms with E-state index in [-0.39, 0.29) is 0 Å². The van der Waals surface area contributed by atoms with Crippen LogP contribution in [0.15, 0.2) is 164 Å². The largest absolute Gasteiger partial charge is 0.309 e. The second kappa shape index (κ2) is 12.7. The summed E-state index contributed by atoms with van der Waals surface area (Å²) in [5.74, 6) is 6.04. The smallest absolute Gasteiger partial charge is 0.240 e. The molecule has 6 heteroatoms. The molecule has 4 saturated carbocycles. The second-order valence-electron chi connectivity index (χ2n) is 18.1. The van der Waals surface area contributed by atoms with E-state index in [0.717, 1.165) is 78.5 Å². The van der Waals surface area contributed by atoms with Crippen molar-refractivity contribution in [3.63, 3.8) is 0 Å². The van der Waals surface area contributed by atoms with Crippen LogP contribution in [0.4, 0.5) is 0 Å². The highest BCUT2D eigenvalue weighted by atomic mass is 15.3. The minimum Gasteiger partial charge on any atom is -0.309 e. The normalized spacial score (nSPS) is 21.0. The molecule has 0 N–H and O–H groups in total. The third-order valence-corrected chi connectivity index (χ3v) is 14.9. The number of hydrogen-bond acceptors (Lipinski definition) is 3. The topological polar surface area (TPSA) is 53.5 Å². The molecule has 0 aliphatic heterocycles. The van der Waals surface area contributed by atoms with E-state index >= 15 is 0 Å². The molecule has 0 unspecified atom stereocenters. The number of rotatable bonds is 5. The third kappa shape index (κ3) is 4.87. The van der Waals surface area contributed by atoms with Gasteiger partial charge in [-0.1, -0.05) is 109 Å². The summed E-state index contributed by atoms with van der Waals surface area (Å²) in [5, 5.41) is 7.26. The van der Waals surface area contributed by atoms with Crippen LogP contribution >= 0.6 is 0 Å². The van der Waals surface area contributed by atoms with Gasteiger partial charge in [-0.25, -0.2) is 0 Å². The SMILES string of the molecule is c1ccc(-n2c3ccccc3c3cc(C4C5CC6CC(C5)CC4C6)ccc32)c(-c2nc(-n3c4ccccc4c4ccccc43)nc(-n3c4ccccc4c4ccccc43)n2)c1. The number of benzene rings is 7. The average molecular weight is 787 g/mol. The Bertz CT molecular complexity index is 3320. The number of aromatic nitrogens is 6. The van der Waals surface area contributed by atoms with Crippen molar-refractivity contribution in [1.29, 1.82) is 0 Å². The molecule has 4 fully saturated rings. The lowest BCUT2D eigenvalue weighted by atomic mass is 9.51. The standard InChI is InChI=1S/C55H42N6/c1-8-20-46-38(13-1)39-14-2-9-21-47(39)60(46)54-56-53(57-55(58-54)61-48-22-10-3-15-40(48)41-16-4-11-23-49(41)61)43-18-6-12-24-50(43)59-45-19-7-5-17-42(45)44-32-35(25-26-51(44)59)52-36-28-33-27-34(30-36)31-37(52)29-33/h1-26,32-34,36-37,52H,27-31H2. The molecule has 4 aliphatic rings. The molecular weight excluding hydrogens is 745 g/mol. The first-order valence-corrected chi connectivity index (χ1v) is 22.1. The number of hydrogen-bond donors (Lipinski definition) is 0. The Labute approximate surface area is 352 Å². The van der Waals surface area contributed by atoms with Gasteiger partial charge >= 0.3 is 0 Å². The molecule has 15 rings (SSSR count). The summed E-state index contributed by atoms with van der Waals surface area (Å²) in [6.45, 7) is 0. The van der Waals surface area contributed by atoms with Crippen LogP contribution in [-0.4, -0.2) is 28.7 Å². The molecule has 0 saturated heterocycles. The lowest BCUT2D eigenvalue weighted by molar-refractivity contribution is -0.00273. The summed E-state index contributed by atoms with van der Waals surface area (Å²) in [4.78, 5) is 16.4. The van der Waals surface area contributed by atoms with Gasteiger partial charge in [0.15, 0.2) is 5.82 Å². The maximum Gasteiger partial charge on any atom is 0.240 e. The maximum atomic E-state index is 5.48. The van der Waals surface area contributed by atoms with Crippen LogP contribution in [0.25, 0.3) is 94.4 Å².